The molecule has 0 fully saturated rings. The van der Waals surface area contributed by atoms with Gasteiger partial charge in [0.2, 0.25) is 0 Å². The van der Waals surface area contributed by atoms with Crippen LogP contribution in [0.5, 0.6) is 0 Å². The Hall–Kier alpha value is -2.96. The molecule has 0 saturated heterocycles. The van der Waals surface area contributed by atoms with Crippen LogP contribution in [0.4, 0.5) is 4.79 Å². The van der Waals surface area contributed by atoms with Crippen molar-refractivity contribution in [2.24, 2.45) is 11.3 Å². The quantitative estimate of drug-likeness (QED) is 0.711. The maximum absolute atomic E-state index is 13.1. The van der Waals surface area contributed by atoms with Crippen molar-refractivity contribution in [3.63, 3.8) is 0 Å². The first-order valence-electron chi connectivity index (χ1n) is 10.9. The third kappa shape index (κ3) is 5.40. The molecule has 2 aromatic rings. The van der Waals surface area contributed by atoms with Crippen molar-refractivity contribution in [3.8, 4) is 0 Å². The van der Waals surface area contributed by atoms with Crippen molar-refractivity contribution in [2.75, 3.05) is 13.2 Å². The van der Waals surface area contributed by atoms with Gasteiger partial charge in [-0.1, -0.05) is 45.9 Å². The fourth-order valence-electron chi connectivity index (χ4n) is 4.01. The van der Waals surface area contributed by atoms with E-state index in [-0.39, 0.29) is 5.41 Å². The van der Waals surface area contributed by atoms with Gasteiger partial charge in [0.15, 0.2) is 6.61 Å². The van der Waals surface area contributed by atoms with E-state index in [1.165, 1.54) is 0 Å². The van der Waals surface area contributed by atoms with E-state index in [0.717, 1.165) is 47.8 Å². The van der Waals surface area contributed by atoms with E-state index in [2.05, 4.69) is 31.4 Å². The average molecular weight is 426 g/mol. The van der Waals surface area contributed by atoms with Gasteiger partial charge in [-0.3, -0.25) is 15.1 Å². The van der Waals surface area contributed by atoms with Crippen molar-refractivity contribution in [1.82, 2.24) is 15.6 Å². The number of rotatable bonds is 5. The van der Waals surface area contributed by atoms with Crippen LogP contribution in [-0.2, 0) is 22.4 Å². The Kier molecular flexibility index (Phi) is 6.93. The Bertz CT molecular complexity index is 994. The van der Waals surface area contributed by atoms with Crippen LogP contribution in [0.3, 0.4) is 0 Å². The van der Waals surface area contributed by atoms with Crippen LogP contribution < -0.4 is 10.6 Å². The number of amides is 3. The van der Waals surface area contributed by atoms with Gasteiger partial charge in [-0.05, 0) is 48.6 Å². The van der Waals surface area contributed by atoms with E-state index in [9.17, 15) is 14.4 Å². The molecule has 1 aliphatic carbocycles. The van der Waals surface area contributed by atoms with Crippen molar-refractivity contribution >= 4 is 28.8 Å². The third-order valence-electron chi connectivity index (χ3n) is 5.81. The number of nitrogens with one attached hydrogen (secondary N) is 2. The van der Waals surface area contributed by atoms with Crippen LogP contribution in [0, 0.1) is 11.3 Å². The zero-order chi connectivity index (χ0) is 22.6. The Morgan fingerprint density at radius 2 is 1.94 bits per heavy atom. The molecule has 0 aliphatic heterocycles. The number of carbonyl (C=O) groups is 3. The number of nitrogens with zero attached hydrogens (tertiary/aromatic N) is 1. The number of fused-ring (bicyclic) bond motifs is 2. The second-order valence-corrected chi connectivity index (χ2v) is 9.12. The Morgan fingerprint density at radius 1 is 1.19 bits per heavy atom. The molecule has 3 rings (SSSR count). The first-order chi connectivity index (χ1) is 14.7. The van der Waals surface area contributed by atoms with Gasteiger partial charge in [-0.15, -0.1) is 0 Å². The zero-order valence-corrected chi connectivity index (χ0v) is 18.7. The number of hydrogen-bond acceptors (Lipinski definition) is 5. The molecular weight excluding hydrogens is 394 g/mol. The highest BCUT2D eigenvalue weighted by Crippen LogP contribution is 2.39. The summed E-state index contributed by atoms with van der Waals surface area (Å²) in [5.74, 6) is -0.810. The second-order valence-electron chi connectivity index (χ2n) is 9.12. The number of benzene rings is 1. The number of ether oxygens (including phenoxy) is 1. The molecule has 0 spiro atoms. The average Bonchev–Trinajstić information content (AvgIpc) is 2.73. The highest BCUT2D eigenvalue weighted by molar-refractivity contribution is 6.06. The Balaban J connectivity index is 1.84. The molecule has 1 unspecified atom stereocenters. The summed E-state index contributed by atoms with van der Waals surface area (Å²) in [5.41, 5.74) is 3.17. The van der Waals surface area contributed by atoms with Gasteiger partial charge < -0.3 is 10.1 Å². The summed E-state index contributed by atoms with van der Waals surface area (Å²) >= 11 is 0. The Labute approximate surface area is 182 Å². The summed E-state index contributed by atoms with van der Waals surface area (Å²) < 4.78 is 5.33. The predicted octanol–water partition coefficient (Wildman–Crippen LogP) is 3.78. The molecule has 31 heavy (non-hydrogen) atoms. The molecule has 1 atom stereocenters. The lowest BCUT2D eigenvalue weighted by molar-refractivity contribution is -0.123. The van der Waals surface area contributed by atoms with Crippen molar-refractivity contribution in [1.29, 1.82) is 0 Å². The zero-order valence-electron chi connectivity index (χ0n) is 18.7. The number of hydrogen-bond donors (Lipinski definition) is 2. The molecule has 0 radical (unpaired) electrons. The first-order valence-corrected chi connectivity index (χ1v) is 10.9. The molecule has 166 valence electrons. The van der Waals surface area contributed by atoms with Gasteiger partial charge >= 0.3 is 12.0 Å². The third-order valence-corrected chi connectivity index (χ3v) is 5.81. The SMILES string of the molecule is CCCNC(=O)NC(=O)COC(=O)c1c2c(nc3ccccc13)CCC(C(C)(C)C)C2. The van der Waals surface area contributed by atoms with Gasteiger partial charge in [0, 0.05) is 17.6 Å². The number of aryl methyl sites for hydroxylation is 1. The monoisotopic (exact) mass is 425 g/mol. The molecule has 1 aliphatic rings. The first kappa shape index (κ1) is 22.7. The fraction of sp³-hybridized carbons (Fsp3) is 0.500. The lowest BCUT2D eigenvalue weighted by Crippen LogP contribution is -2.41. The van der Waals surface area contributed by atoms with Crippen LogP contribution in [-0.4, -0.2) is 36.0 Å². The molecule has 1 heterocycles. The van der Waals surface area contributed by atoms with E-state index in [1.807, 2.05) is 31.2 Å². The van der Waals surface area contributed by atoms with E-state index in [0.29, 0.717) is 18.0 Å². The van der Waals surface area contributed by atoms with Gasteiger partial charge in [0.1, 0.15) is 0 Å². The molecule has 2 N–H and O–H groups in total. The van der Waals surface area contributed by atoms with E-state index in [1.54, 1.807) is 0 Å². The van der Waals surface area contributed by atoms with Crippen molar-refractivity contribution in [3.05, 3.63) is 41.1 Å². The molecular formula is C24H31N3O4. The lowest BCUT2D eigenvalue weighted by Gasteiger charge is -2.35. The van der Waals surface area contributed by atoms with Crippen LogP contribution in [0.25, 0.3) is 10.9 Å². The van der Waals surface area contributed by atoms with E-state index >= 15 is 0 Å². The van der Waals surface area contributed by atoms with E-state index < -0.39 is 24.5 Å². The minimum atomic E-state index is -0.665. The fourth-order valence-corrected chi connectivity index (χ4v) is 4.01. The van der Waals surface area contributed by atoms with Crippen molar-refractivity contribution < 1.29 is 19.1 Å². The molecule has 1 aromatic carbocycles. The summed E-state index contributed by atoms with van der Waals surface area (Å²) in [6, 6.07) is 6.90. The summed E-state index contributed by atoms with van der Waals surface area (Å²) in [6.07, 6.45) is 3.32. The van der Waals surface area contributed by atoms with Crippen LogP contribution in [0.15, 0.2) is 24.3 Å². The minimum absolute atomic E-state index is 0.107. The van der Waals surface area contributed by atoms with Gasteiger partial charge in [-0.2, -0.15) is 0 Å². The topological polar surface area (TPSA) is 97.4 Å². The molecule has 0 saturated carbocycles. The number of urea groups is 1. The summed E-state index contributed by atoms with van der Waals surface area (Å²) in [5, 5.41) is 5.44. The molecule has 3 amide bonds. The van der Waals surface area contributed by atoms with E-state index in [4.69, 9.17) is 9.72 Å². The lowest BCUT2D eigenvalue weighted by atomic mass is 9.70. The van der Waals surface area contributed by atoms with Crippen molar-refractivity contribution in [2.45, 2.75) is 53.4 Å². The second kappa shape index (κ2) is 9.45. The predicted molar refractivity (Wildman–Crippen MR) is 119 cm³/mol. The number of para-hydroxylation sites is 1. The largest absolute Gasteiger partial charge is 0.452 e. The maximum atomic E-state index is 13.1. The molecule has 0 bridgehead atoms. The van der Waals surface area contributed by atoms with Gasteiger partial charge in [0.05, 0.1) is 11.1 Å². The van der Waals surface area contributed by atoms with Gasteiger partial charge in [0.25, 0.3) is 5.91 Å². The number of pyridine rings is 1. The van der Waals surface area contributed by atoms with Gasteiger partial charge in [-0.25, -0.2) is 9.59 Å². The highest BCUT2D eigenvalue weighted by Gasteiger charge is 2.33. The normalized spacial score (nSPS) is 15.8. The van der Waals surface area contributed by atoms with Crippen LogP contribution in [0.2, 0.25) is 0 Å². The molecule has 1 aromatic heterocycles. The summed E-state index contributed by atoms with van der Waals surface area (Å²) in [4.78, 5) is 41.6. The van der Waals surface area contributed by atoms with Crippen LogP contribution in [0.1, 0.15) is 62.2 Å². The number of aromatic nitrogens is 1. The van der Waals surface area contributed by atoms with Crippen LogP contribution >= 0.6 is 0 Å². The maximum Gasteiger partial charge on any atom is 0.339 e. The Morgan fingerprint density at radius 3 is 2.65 bits per heavy atom. The smallest absolute Gasteiger partial charge is 0.339 e. The summed E-state index contributed by atoms with van der Waals surface area (Å²) in [7, 11) is 0. The minimum Gasteiger partial charge on any atom is -0.452 e. The molecule has 7 heteroatoms. The summed E-state index contributed by atoms with van der Waals surface area (Å²) in [6.45, 7) is 8.48. The number of esters is 1. The highest BCUT2D eigenvalue weighted by atomic mass is 16.5. The number of imide groups is 1. The standard InChI is InChI=1S/C24H31N3O4/c1-5-12-25-23(30)27-20(28)14-31-22(29)21-16-8-6-7-9-18(16)26-19-11-10-15(13-17(19)21)24(2,3)4/h6-9,15H,5,10-14H2,1-4H3,(H2,25,27,28,30). The molecule has 7 nitrogen and oxygen atoms in total. The number of carbonyl (C=O) groups excluding carboxylic acids is 3.